The summed E-state index contributed by atoms with van der Waals surface area (Å²) in [5, 5.41) is 12.0. The largest absolute Gasteiger partial charge is 0.360 e. The molecule has 3 nitrogen and oxygen atoms in total. The van der Waals surface area contributed by atoms with Crippen LogP contribution < -0.4 is 5.32 Å². The predicted octanol–water partition coefficient (Wildman–Crippen LogP) is 3.08. The third-order valence-corrected chi connectivity index (χ3v) is 2.95. The molecule has 1 aromatic carbocycles. The van der Waals surface area contributed by atoms with E-state index in [0.29, 0.717) is 11.3 Å². The Balaban J connectivity index is 2.38. The summed E-state index contributed by atoms with van der Waals surface area (Å²) in [6.07, 6.45) is 6.96. The third-order valence-electron chi connectivity index (χ3n) is 2.42. The molecule has 1 aliphatic rings. The Morgan fingerprint density at radius 2 is 1.94 bits per heavy atom. The molecule has 0 bridgehead atoms. The number of hydrogen-bond donors (Lipinski definition) is 1. The number of carbonyl (C=O) groups is 1. The predicted molar refractivity (Wildman–Crippen MR) is 72.5 cm³/mol. The van der Waals surface area contributed by atoms with Crippen LogP contribution in [0.1, 0.15) is 10.4 Å². The van der Waals surface area contributed by atoms with Gasteiger partial charge in [-0.05, 0) is 36.4 Å². The van der Waals surface area contributed by atoms with Gasteiger partial charge in [-0.25, -0.2) is 0 Å². The molecule has 2 rings (SSSR count). The lowest BCUT2D eigenvalue weighted by Crippen LogP contribution is -2.13. The minimum atomic E-state index is -0.285. The lowest BCUT2D eigenvalue weighted by Gasteiger charge is -2.08. The zero-order chi connectivity index (χ0) is 13.0. The number of nitriles is 1. The van der Waals surface area contributed by atoms with Crippen LogP contribution in [0.5, 0.6) is 0 Å². The fourth-order valence-corrected chi connectivity index (χ4v) is 1.79. The number of dihydropyridines is 1. The molecule has 1 aromatic rings. The molecule has 4 heteroatoms. The number of ketones is 1. The summed E-state index contributed by atoms with van der Waals surface area (Å²) in [6.45, 7) is 0. The van der Waals surface area contributed by atoms with Crippen molar-refractivity contribution >= 4 is 21.7 Å². The molecule has 0 saturated heterocycles. The molecule has 0 radical (unpaired) electrons. The normalized spacial score (nSPS) is 15.8. The quantitative estimate of drug-likeness (QED) is 0.519. The van der Waals surface area contributed by atoms with E-state index < -0.39 is 0 Å². The van der Waals surface area contributed by atoms with Crippen LogP contribution in [-0.4, -0.2) is 5.78 Å². The molecular weight excluding hydrogens is 292 g/mol. The summed E-state index contributed by atoms with van der Waals surface area (Å²) in [4.78, 5) is 12.2. The molecule has 0 fully saturated rings. The van der Waals surface area contributed by atoms with Gasteiger partial charge in [-0.2, -0.15) is 5.26 Å². The van der Waals surface area contributed by atoms with Gasteiger partial charge in [-0.15, -0.1) is 0 Å². The zero-order valence-corrected chi connectivity index (χ0v) is 10.9. The number of rotatable bonds is 2. The van der Waals surface area contributed by atoms with Gasteiger partial charge in [0.05, 0.1) is 5.70 Å². The van der Waals surface area contributed by atoms with Crippen LogP contribution in [0.3, 0.4) is 0 Å². The summed E-state index contributed by atoms with van der Waals surface area (Å²) in [6, 6.07) is 8.88. The van der Waals surface area contributed by atoms with Crippen molar-refractivity contribution in [3.63, 3.8) is 0 Å². The number of Topliss-reactive ketones (excluding diaryl/α,β-unsaturated/α-hetero) is 1. The number of benzene rings is 1. The maximum atomic E-state index is 12.2. The van der Waals surface area contributed by atoms with Gasteiger partial charge < -0.3 is 5.32 Å². The number of nitrogens with zero attached hydrogens (tertiary/aromatic N) is 1. The topological polar surface area (TPSA) is 52.9 Å². The SMILES string of the molecule is N#CC(C(=O)c1ccc(Br)cc1)=C1C=CC=CN1. The van der Waals surface area contributed by atoms with E-state index in [1.54, 1.807) is 48.7 Å². The summed E-state index contributed by atoms with van der Waals surface area (Å²) in [5.74, 6) is -0.285. The fraction of sp³-hybridized carbons (Fsp3) is 0. The van der Waals surface area contributed by atoms with Crippen LogP contribution in [0.4, 0.5) is 0 Å². The summed E-state index contributed by atoms with van der Waals surface area (Å²) in [5.41, 5.74) is 1.12. The zero-order valence-electron chi connectivity index (χ0n) is 9.35. The first kappa shape index (κ1) is 12.3. The van der Waals surface area contributed by atoms with Crippen molar-refractivity contribution in [1.29, 1.82) is 5.26 Å². The Kier molecular flexibility index (Phi) is 3.75. The maximum Gasteiger partial charge on any atom is 0.205 e. The highest BCUT2D eigenvalue weighted by Crippen LogP contribution is 2.16. The van der Waals surface area contributed by atoms with E-state index in [0.717, 1.165) is 4.47 Å². The number of carbonyl (C=O) groups excluding carboxylic acids is 1. The maximum absolute atomic E-state index is 12.2. The molecule has 0 spiro atoms. The average molecular weight is 301 g/mol. The fourth-order valence-electron chi connectivity index (χ4n) is 1.53. The second-order valence-electron chi connectivity index (χ2n) is 3.60. The molecular formula is C14H9BrN2O. The molecule has 0 atom stereocenters. The smallest absolute Gasteiger partial charge is 0.205 e. The Morgan fingerprint density at radius 1 is 1.22 bits per heavy atom. The second kappa shape index (κ2) is 5.48. The van der Waals surface area contributed by atoms with Gasteiger partial charge in [0.25, 0.3) is 0 Å². The standard InChI is InChI=1S/C14H9BrN2O/c15-11-6-4-10(5-7-11)14(18)12(9-16)13-3-1-2-8-17-13/h1-8,17H. The van der Waals surface area contributed by atoms with Crippen molar-refractivity contribution in [3.8, 4) is 6.07 Å². The molecule has 0 unspecified atom stereocenters. The highest BCUT2D eigenvalue weighted by molar-refractivity contribution is 9.10. The third kappa shape index (κ3) is 2.58. The van der Waals surface area contributed by atoms with E-state index in [1.165, 1.54) is 0 Å². The van der Waals surface area contributed by atoms with Gasteiger partial charge in [0, 0.05) is 16.2 Å². The number of allylic oxidation sites excluding steroid dienone is 4. The first-order valence-electron chi connectivity index (χ1n) is 5.27. The van der Waals surface area contributed by atoms with E-state index >= 15 is 0 Å². The second-order valence-corrected chi connectivity index (χ2v) is 4.51. The van der Waals surface area contributed by atoms with E-state index in [4.69, 9.17) is 5.26 Å². The van der Waals surface area contributed by atoms with E-state index in [-0.39, 0.29) is 11.4 Å². The average Bonchev–Trinajstić information content (AvgIpc) is 2.41. The minimum Gasteiger partial charge on any atom is -0.360 e. The molecule has 18 heavy (non-hydrogen) atoms. The van der Waals surface area contributed by atoms with Crippen molar-refractivity contribution in [2.24, 2.45) is 0 Å². The monoisotopic (exact) mass is 300 g/mol. The van der Waals surface area contributed by atoms with Crippen LogP contribution in [0.2, 0.25) is 0 Å². The lowest BCUT2D eigenvalue weighted by atomic mass is 10.0. The summed E-state index contributed by atoms with van der Waals surface area (Å²) in [7, 11) is 0. The van der Waals surface area contributed by atoms with Crippen molar-refractivity contribution in [3.05, 3.63) is 70.0 Å². The van der Waals surface area contributed by atoms with Crippen LogP contribution in [0, 0.1) is 11.3 Å². The van der Waals surface area contributed by atoms with Crippen molar-refractivity contribution in [2.45, 2.75) is 0 Å². The minimum absolute atomic E-state index is 0.109. The highest BCUT2D eigenvalue weighted by atomic mass is 79.9. The molecule has 0 amide bonds. The summed E-state index contributed by atoms with van der Waals surface area (Å²) >= 11 is 3.30. The van der Waals surface area contributed by atoms with Gasteiger partial charge in [-0.3, -0.25) is 4.79 Å². The van der Waals surface area contributed by atoms with Crippen LogP contribution in [0.25, 0.3) is 0 Å². The van der Waals surface area contributed by atoms with E-state index in [1.807, 2.05) is 6.07 Å². The molecule has 88 valence electrons. The van der Waals surface area contributed by atoms with Crippen molar-refractivity contribution < 1.29 is 4.79 Å². The van der Waals surface area contributed by atoms with Crippen molar-refractivity contribution in [1.82, 2.24) is 5.32 Å². The van der Waals surface area contributed by atoms with Gasteiger partial charge in [0.1, 0.15) is 11.6 Å². The van der Waals surface area contributed by atoms with Crippen LogP contribution in [-0.2, 0) is 0 Å². The Hall–Kier alpha value is -2.12. The molecule has 0 saturated carbocycles. The first-order valence-corrected chi connectivity index (χ1v) is 6.06. The molecule has 0 aliphatic carbocycles. The molecule has 1 heterocycles. The van der Waals surface area contributed by atoms with Gasteiger partial charge in [-0.1, -0.05) is 22.0 Å². The van der Waals surface area contributed by atoms with Gasteiger partial charge in [0.15, 0.2) is 0 Å². The Morgan fingerprint density at radius 3 is 2.50 bits per heavy atom. The molecule has 0 aromatic heterocycles. The lowest BCUT2D eigenvalue weighted by molar-refractivity contribution is 0.103. The van der Waals surface area contributed by atoms with E-state index in [9.17, 15) is 4.79 Å². The van der Waals surface area contributed by atoms with Gasteiger partial charge in [0.2, 0.25) is 5.78 Å². The van der Waals surface area contributed by atoms with Crippen LogP contribution >= 0.6 is 15.9 Å². The number of nitrogens with one attached hydrogen (secondary N) is 1. The van der Waals surface area contributed by atoms with Crippen LogP contribution in [0.15, 0.2) is 64.4 Å². The van der Waals surface area contributed by atoms with E-state index in [2.05, 4.69) is 21.2 Å². The Bertz CT molecular complexity index is 604. The Labute approximate surface area is 113 Å². The molecule has 1 N–H and O–H groups in total. The molecule has 1 aliphatic heterocycles. The first-order chi connectivity index (χ1) is 8.72. The number of halogens is 1. The summed E-state index contributed by atoms with van der Waals surface area (Å²) < 4.78 is 0.892. The number of hydrogen-bond acceptors (Lipinski definition) is 3. The highest BCUT2D eigenvalue weighted by Gasteiger charge is 2.16. The van der Waals surface area contributed by atoms with Crippen molar-refractivity contribution in [2.75, 3.05) is 0 Å². The van der Waals surface area contributed by atoms with Gasteiger partial charge >= 0.3 is 0 Å².